The number of fused-ring (bicyclic) bond motifs is 1. The van der Waals surface area contributed by atoms with Crippen molar-refractivity contribution < 1.29 is 12.6 Å². The maximum Gasteiger partial charge on any atom is 0.264 e. The van der Waals surface area contributed by atoms with E-state index in [-0.39, 0.29) is 6.61 Å². The van der Waals surface area contributed by atoms with E-state index in [9.17, 15) is 8.42 Å². The summed E-state index contributed by atoms with van der Waals surface area (Å²) in [6.07, 6.45) is 1.66. The Kier molecular flexibility index (Phi) is 3.45. The van der Waals surface area contributed by atoms with Gasteiger partial charge in [0.05, 0.1) is 12.9 Å². The molecule has 0 unspecified atom stereocenters. The molecule has 0 N–H and O–H groups in total. The number of hydrogen-bond acceptors (Lipinski definition) is 3. The fraction of sp³-hybridized carbons (Fsp3) is 0.231. The quantitative estimate of drug-likeness (QED) is 0.782. The summed E-state index contributed by atoms with van der Waals surface area (Å²) < 4.78 is 26.5. The van der Waals surface area contributed by atoms with Crippen molar-refractivity contribution in [1.29, 1.82) is 0 Å². The van der Waals surface area contributed by atoms with E-state index in [1.54, 1.807) is 0 Å². The molecule has 3 nitrogen and oxygen atoms in total. The number of rotatable bonds is 4. The van der Waals surface area contributed by atoms with Gasteiger partial charge < -0.3 is 0 Å². The van der Waals surface area contributed by atoms with Gasteiger partial charge in [0.15, 0.2) is 0 Å². The van der Waals surface area contributed by atoms with Crippen molar-refractivity contribution in [1.82, 2.24) is 0 Å². The minimum absolute atomic E-state index is 0.187. The predicted molar refractivity (Wildman–Crippen MR) is 68.4 cm³/mol. The lowest BCUT2D eigenvalue weighted by atomic mass is 10.0. The number of benzene rings is 2. The molecule has 0 bridgehead atoms. The Morgan fingerprint density at radius 2 is 1.76 bits per heavy atom. The van der Waals surface area contributed by atoms with Gasteiger partial charge in [0.1, 0.15) is 0 Å². The molecular weight excluding hydrogens is 236 g/mol. The highest BCUT2D eigenvalue weighted by molar-refractivity contribution is 7.85. The molecule has 17 heavy (non-hydrogen) atoms. The van der Waals surface area contributed by atoms with Crippen LogP contribution in [0.4, 0.5) is 0 Å². The Balaban J connectivity index is 2.19. The first-order chi connectivity index (χ1) is 8.06. The van der Waals surface area contributed by atoms with E-state index in [2.05, 4.69) is 0 Å². The maximum absolute atomic E-state index is 10.9. The molecule has 0 aromatic heterocycles. The zero-order chi connectivity index (χ0) is 12.3. The standard InChI is InChI=1S/C13H14O3S/c1-17(14,15)16-10-9-12-7-4-6-11-5-2-3-8-13(11)12/h2-8H,9-10H2,1H3. The third-order valence-electron chi connectivity index (χ3n) is 2.55. The van der Waals surface area contributed by atoms with Gasteiger partial charge in [-0.15, -0.1) is 0 Å². The summed E-state index contributed by atoms with van der Waals surface area (Å²) in [5, 5.41) is 2.30. The summed E-state index contributed by atoms with van der Waals surface area (Å²) >= 11 is 0. The lowest BCUT2D eigenvalue weighted by Crippen LogP contribution is -2.06. The van der Waals surface area contributed by atoms with Gasteiger partial charge in [0.25, 0.3) is 10.1 Å². The van der Waals surface area contributed by atoms with E-state index < -0.39 is 10.1 Å². The Morgan fingerprint density at radius 1 is 1.06 bits per heavy atom. The Morgan fingerprint density at radius 3 is 2.53 bits per heavy atom. The Hall–Kier alpha value is -1.39. The molecule has 0 atom stereocenters. The van der Waals surface area contributed by atoms with Crippen LogP contribution in [-0.4, -0.2) is 21.3 Å². The van der Waals surface area contributed by atoms with E-state index in [1.807, 2.05) is 42.5 Å². The molecule has 2 aromatic carbocycles. The van der Waals surface area contributed by atoms with Crippen LogP contribution in [0.1, 0.15) is 5.56 Å². The summed E-state index contributed by atoms with van der Waals surface area (Å²) in [6, 6.07) is 14.0. The molecule has 2 rings (SSSR count). The predicted octanol–water partition coefficient (Wildman–Crippen LogP) is 2.36. The van der Waals surface area contributed by atoms with Crippen LogP contribution in [0, 0.1) is 0 Å². The first-order valence-corrected chi connectivity index (χ1v) is 7.19. The molecule has 0 spiro atoms. The molecule has 0 saturated heterocycles. The average Bonchev–Trinajstić information content (AvgIpc) is 2.28. The molecular formula is C13H14O3S. The van der Waals surface area contributed by atoms with Gasteiger partial charge in [-0.25, -0.2) is 0 Å². The van der Waals surface area contributed by atoms with Crippen molar-refractivity contribution in [2.24, 2.45) is 0 Å². The molecule has 4 heteroatoms. The summed E-state index contributed by atoms with van der Waals surface area (Å²) in [5.74, 6) is 0. The molecule has 90 valence electrons. The monoisotopic (exact) mass is 250 g/mol. The Labute approximate surface area is 101 Å². The van der Waals surface area contributed by atoms with Crippen LogP contribution in [0.2, 0.25) is 0 Å². The van der Waals surface area contributed by atoms with Crippen molar-refractivity contribution in [2.75, 3.05) is 12.9 Å². The van der Waals surface area contributed by atoms with E-state index in [0.29, 0.717) is 6.42 Å². The van der Waals surface area contributed by atoms with E-state index in [1.165, 1.54) is 0 Å². The zero-order valence-corrected chi connectivity index (χ0v) is 10.4. The minimum atomic E-state index is -3.35. The summed E-state index contributed by atoms with van der Waals surface area (Å²) in [5.41, 5.74) is 1.10. The van der Waals surface area contributed by atoms with Crippen LogP contribution in [0.15, 0.2) is 42.5 Å². The van der Waals surface area contributed by atoms with Crippen molar-refractivity contribution in [2.45, 2.75) is 6.42 Å². The highest BCUT2D eigenvalue weighted by Gasteiger charge is 2.04. The third kappa shape index (κ3) is 3.28. The van der Waals surface area contributed by atoms with Crippen molar-refractivity contribution >= 4 is 20.9 Å². The van der Waals surface area contributed by atoms with Gasteiger partial charge in [0, 0.05) is 0 Å². The van der Waals surface area contributed by atoms with Crippen molar-refractivity contribution in [3.8, 4) is 0 Å². The fourth-order valence-corrected chi connectivity index (χ4v) is 2.20. The second-order valence-electron chi connectivity index (χ2n) is 3.91. The van der Waals surface area contributed by atoms with Crippen LogP contribution in [0.3, 0.4) is 0 Å². The lowest BCUT2D eigenvalue weighted by molar-refractivity contribution is 0.326. The molecule has 0 aliphatic rings. The fourth-order valence-electron chi connectivity index (χ4n) is 1.81. The smallest absolute Gasteiger partial charge is 0.264 e. The van der Waals surface area contributed by atoms with Gasteiger partial charge in [-0.05, 0) is 22.8 Å². The minimum Gasteiger partial charge on any atom is -0.270 e. The van der Waals surface area contributed by atoms with Crippen molar-refractivity contribution in [3.63, 3.8) is 0 Å². The lowest BCUT2D eigenvalue weighted by Gasteiger charge is -2.06. The summed E-state index contributed by atoms with van der Waals surface area (Å²) in [6.45, 7) is 0.187. The zero-order valence-electron chi connectivity index (χ0n) is 9.59. The SMILES string of the molecule is CS(=O)(=O)OCCc1cccc2ccccc12. The summed E-state index contributed by atoms with van der Waals surface area (Å²) in [4.78, 5) is 0. The molecule has 0 heterocycles. The van der Waals surface area contributed by atoms with Gasteiger partial charge in [-0.3, -0.25) is 4.18 Å². The highest BCUT2D eigenvalue weighted by atomic mass is 32.2. The van der Waals surface area contributed by atoms with Crippen LogP contribution in [-0.2, 0) is 20.7 Å². The van der Waals surface area contributed by atoms with E-state index in [4.69, 9.17) is 4.18 Å². The molecule has 0 saturated carbocycles. The van der Waals surface area contributed by atoms with E-state index >= 15 is 0 Å². The van der Waals surface area contributed by atoms with Crippen molar-refractivity contribution in [3.05, 3.63) is 48.0 Å². The van der Waals surface area contributed by atoms with Crippen LogP contribution in [0.5, 0.6) is 0 Å². The summed E-state index contributed by atoms with van der Waals surface area (Å²) in [7, 11) is -3.35. The molecule has 0 radical (unpaired) electrons. The normalized spacial score (nSPS) is 11.8. The molecule has 0 fully saturated rings. The molecule has 0 aliphatic heterocycles. The van der Waals surface area contributed by atoms with Crippen LogP contribution >= 0.6 is 0 Å². The Bertz CT molecular complexity index is 612. The van der Waals surface area contributed by atoms with Gasteiger partial charge in [-0.2, -0.15) is 8.42 Å². The molecule has 0 aliphatic carbocycles. The topological polar surface area (TPSA) is 43.4 Å². The van der Waals surface area contributed by atoms with E-state index in [0.717, 1.165) is 22.6 Å². The van der Waals surface area contributed by atoms with Crippen LogP contribution in [0.25, 0.3) is 10.8 Å². The molecule has 2 aromatic rings. The van der Waals surface area contributed by atoms with Gasteiger partial charge in [0.2, 0.25) is 0 Å². The second-order valence-corrected chi connectivity index (χ2v) is 5.56. The number of hydrogen-bond donors (Lipinski definition) is 0. The average molecular weight is 250 g/mol. The first kappa shape index (κ1) is 12.1. The largest absolute Gasteiger partial charge is 0.270 e. The first-order valence-electron chi connectivity index (χ1n) is 5.37. The second kappa shape index (κ2) is 4.85. The highest BCUT2D eigenvalue weighted by Crippen LogP contribution is 2.18. The maximum atomic E-state index is 10.9. The molecule has 0 amide bonds. The third-order valence-corrected chi connectivity index (χ3v) is 3.14. The van der Waals surface area contributed by atoms with Gasteiger partial charge >= 0.3 is 0 Å². The van der Waals surface area contributed by atoms with Gasteiger partial charge in [-0.1, -0.05) is 42.5 Å². The van der Waals surface area contributed by atoms with Crippen LogP contribution < -0.4 is 0 Å².